The zero-order valence-electron chi connectivity index (χ0n) is 22.4. The van der Waals surface area contributed by atoms with Gasteiger partial charge >= 0.3 is 12.1 Å². The summed E-state index contributed by atoms with van der Waals surface area (Å²) >= 11 is 1.27. The number of likely N-dealkylation sites (tertiary alicyclic amines) is 1. The number of ether oxygens (including phenoxy) is 1. The number of carboxylic acid groups (broad SMARTS) is 1. The van der Waals surface area contributed by atoms with Gasteiger partial charge in [-0.1, -0.05) is 24.3 Å². The zero-order chi connectivity index (χ0) is 30.4. The zero-order valence-corrected chi connectivity index (χ0v) is 23.3. The number of nitrogens with zero attached hydrogens (tertiary/aromatic N) is 3. The minimum Gasteiger partial charge on any atom is -0.494 e. The van der Waals surface area contributed by atoms with Gasteiger partial charge in [-0.2, -0.15) is 13.2 Å². The Morgan fingerprint density at radius 2 is 1.86 bits per heavy atom. The van der Waals surface area contributed by atoms with Crippen LogP contribution in [-0.4, -0.2) is 70.3 Å². The first kappa shape index (κ1) is 30.5. The molecule has 1 saturated heterocycles. The van der Waals surface area contributed by atoms with Crippen LogP contribution in [0.25, 0.3) is 21.0 Å². The summed E-state index contributed by atoms with van der Waals surface area (Å²) < 4.78 is 39.8. The number of hydrogen-bond acceptors (Lipinski definition) is 7. The van der Waals surface area contributed by atoms with E-state index in [2.05, 4.69) is 10.3 Å². The second kappa shape index (κ2) is 13.0. The van der Waals surface area contributed by atoms with Gasteiger partial charge in [0.25, 0.3) is 11.5 Å². The highest BCUT2D eigenvalue weighted by Crippen LogP contribution is 2.39. The maximum absolute atomic E-state index is 13.7. The number of thiophene rings is 1. The summed E-state index contributed by atoms with van der Waals surface area (Å²) in [7, 11) is 1.48. The molecular formula is C28H27F3N4O6S. The molecule has 14 heteroatoms. The monoisotopic (exact) mass is 604 g/mol. The van der Waals surface area contributed by atoms with Gasteiger partial charge in [0.05, 0.1) is 29.6 Å². The van der Waals surface area contributed by atoms with Gasteiger partial charge in [-0.15, -0.1) is 11.3 Å². The Balaban J connectivity index is 0.000000517. The summed E-state index contributed by atoms with van der Waals surface area (Å²) in [6, 6.07) is 13.3. The molecule has 0 bridgehead atoms. The number of fused-ring (bicyclic) bond motifs is 3. The number of methoxy groups -OCH3 is 1. The number of nitrogens with one attached hydrogen (secondary N) is 1. The molecule has 1 aromatic carbocycles. The Morgan fingerprint density at radius 1 is 1.14 bits per heavy atom. The van der Waals surface area contributed by atoms with Gasteiger partial charge in [-0.25, -0.2) is 4.79 Å². The van der Waals surface area contributed by atoms with Crippen molar-refractivity contribution in [2.24, 2.45) is 0 Å². The van der Waals surface area contributed by atoms with E-state index in [1.165, 1.54) is 18.4 Å². The second-order valence-corrected chi connectivity index (χ2v) is 10.3. The van der Waals surface area contributed by atoms with Crippen LogP contribution < -0.4 is 15.6 Å². The summed E-state index contributed by atoms with van der Waals surface area (Å²) in [5.41, 5.74) is 1.33. The molecule has 1 aliphatic rings. The van der Waals surface area contributed by atoms with E-state index < -0.39 is 12.1 Å². The molecule has 0 spiro atoms. The molecule has 0 aliphatic carbocycles. The molecule has 0 unspecified atom stereocenters. The maximum Gasteiger partial charge on any atom is 0.490 e. The number of amides is 2. The fourth-order valence-electron chi connectivity index (χ4n) is 4.59. The maximum atomic E-state index is 13.7. The first-order valence-electron chi connectivity index (χ1n) is 12.9. The highest BCUT2D eigenvalue weighted by atomic mass is 32.1. The topological polar surface area (TPSA) is 131 Å². The van der Waals surface area contributed by atoms with E-state index in [9.17, 15) is 27.6 Å². The van der Waals surface area contributed by atoms with Crippen molar-refractivity contribution in [2.45, 2.75) is 32.0 Å². The number of aromatic nitrogens is 2. The Morgan fingerprint density at radius 3 is 2.48 bits per heavy atom. The molecule has 10 nitrogen and oxygen atoms in total. The van der Waals surface area contributed by atoms with E-state index in [1.54, 1.807) is 10.8 Å². The lowest BCUT2D eigenvalue weighted by Gasteiger charge is -2.15. The number of carbonyl (C=O) groups excluding carboxylic acids is 2. The predicted octanol–water partition coefficient (Wildman–Crippen LogP) is 4.04. The fourth-order valence-corrected chi connectivity index (χ4v) is 5.80. The lowest BCUT2D eigenvalue weighted by Crippen LogP contribution is -2.30. The predicted molar refractivity (Wildman–Crippen MR) is 150 cm³/mol. The molecule has 5 rings (SSSR count). The SMILES string of the molecule is COc1c(C(=O)NCCCN2CCCC2=O)sc2c1c(=O)n(Cc1ccccn1)c1ccccc21.O=C(O)C(F)(F)F. The van der Waals surface area contributed by atoms with E-state index in [1.807, 2.05) is 47.4 Å². The van der Waals surface area contributed by atoms with Crippen LogP contribution in [0.2, 0.25) is 0 Å². The molecule has 0 radical (unpaired) electrons. The summed E-state index contributed by atoms with van der Waals surface area (Å²) in [6.07, 6.45) is -1.20. The number of benzene rings is 1. The van der Waals surface area contributed by atoms with Gasteiger partial charge in [-0.3, -0.25) is 19.4 Å². The number of pyridine rings is 2. The van der Waals surface area contributed by atoms with Crippen LogP contribution in [0.1, 0.15) is 34.6 Å². The molecule has 1 aliphatic heterocycles. The van der Waals surface area contributed by atoms with Crippen LogP contribution in [0.5, 0.6) is 5.75 Å². The molecule has 4 aromatic rings. The number of hydrogen-bond donors (Lipinski definition) is 2. The Bertz CT molecular complexity index is 1670. The average Bonchev–Trinajstić information content (AvgIpc) is 3.57. The van der Waals surface area contributed by atoms with Crippen LogP contribution in [-0.2, 0) is 16.1 Å². The quantitative estimate of drug-likeness (QED) is 0.290. The first-order chi connectivity index (χ1) is 20.0. The Kier molecular flexibility index (Phi) is 9.45. The average molecular weight is 605 g/mol. The molecule has 0 atom stereocenters. The highest BCUT2D eigenvalue weighted by Gasteiger charge is 2.38. The number of carboxylic acids is 1. The molecule has 42 heavy (non-hydrogen) atoms. The standard InChI is InChI=1S/C26H26N4O4S.C2HF3O2/c1-34-22-21-23(35-24(22)25(32)28-13-7-15-29-14-6-11-20(29)31)18-9-2-3-10-19(18)30(26(21)33)16-17-8-4-5-12-27-17;3-2(4,5)1(6)7/h2-5,8-10,12H,6-7,11,13-16H2,1H3,(H,28,32);(H,6,7). The Hall–Kier alpha value is -4.46. The molecule has 2 amide bonds. The minimum absolute atomic E-state index is 0.177. The van der Waals surface area contributed by atoms with Crippen molar-refractivity contribution in [3.05, 3.63) is 69.6 Å². The van der Waals surface area contributed by atoms with Gasteiger partial charge in [0, 0.05) is 37.6 Å². The molecule has 2 N–H and O–H groups in total. The van der Waals surface area contributed by atoms with Gasteiger partial charge in [0.15, 0.2) is 5.75 Å². The molecule has 3 aromatic heterocycles. The summed E-state index contributed by atoms with van der Waals surface area (Å²) in [4.78, 5) is 54.0. The van der Waals surface area contributed by atoms with E-state index in [0.29, 0.717) is 48.5 Å². The van der Waals surface area contributed by atoms with Crippen LogP contribution in [0.4, 0.5) is 13.2 Å². The summed E-state index contributed by atoms with van der Waals surface area (Å²) in [5, 5.41) is 11.3. The van der Waals surface area contributed by atoms with Crippen molar-refractivity contribution >= 4 is 50.1 Å². The molecule has 0 saturated carbocycles. The van der Waals surface area contributed by atoms with Crippen molar-refractivity contribution in [1.82, 2.24) is 19.8 Å². The van der Waals surface area contributed by atoms with E-state index in [4.69, 9.17) is 14.6 Å². The molecule has 4 heterocycles. The van der Waals surface area contributed by atoms with Crippen molar-refractivity contribution in [1.29, 1.82) is 0 Å². The van der Waals surface area contributed by atoms with Gasteiger partial charge < -0.3 is 24.6 Å². The normalized spacial score (nSPS) is 13.2. The van der Waals surface area contributed by atoms with Crippen LogP contribution >= 0.6 is 11.3 Å². The van der Waals surface area contributed by atoms with Crippen molar-refractivity contribution in [3.63, 3.8) is 0 Å². The summed E-state index contributed by atoms with van der Waals surface area (Å²) in [5.74, 6) is -2.57. The van der Waals surface area contributed by atoms with Gasteiger partial charge in [-0.05, 0) is 31.0 Å². The number of aliphatic carboxylic acids is 1. The van der Waals surface area contributed by atoms with Crippen LogP contribution in [0.15, 0.2) is 53.5 Å². The lowest BCUT2D eigenvalue weighted by molar-refractivity contribution is -0.192. The van der Waals surface area contributed by atoms with Gasteiger partial charge in [0.1, 0.15) is 10.3 Å². The fraction of sp³-hybridized carbons (Fsp3) is 0.321. The van der Waals surface area contributed by atoms with Gasteiger partial charge in [0.2, 0.25) is 5.91 Å². The highest BCUT2D eigenvalue weighted by molar-refractivity contribution is 7.22. The van der Waals surface area contributed by atoms with E-state index in [-0.39, 0.29) is 17.4 Å². The number of rotatable bonds is 8. The first-order valence-corrected chi connectivity index (χ1v) is 13.7. The molecular weight excluding hydrogens is 577 g/mol. The third-order valence-corrected chi connectivity index (χ3v) is 7.73. The summed E-state index contributed by atoms with van der Waals surface area (Å²) in [6.45, 7) is 2.16. The third-order valence-electron chi connectivity index (χ3n) is 6.52. The number of alkyl halides is 3. The third kappa shape index (κ3) is 6.70. The number of halogens is 3. The number of carbonyl (C=O) groups is 3. The Labute approximate surface area is 241 Å². The van der Waals surface area contributed by atoms with Crippen LogP contribution in [0.3, 0.4) is 0 Å². The lowest BCUT2D eigenvalue weighted by atomic mass is 10.1. The molecule has 222 valence electrons. The second-order valence-electron chi connectivity index (χ2n) is 9.29. The van der Waals surface area contributed by atoms with Crippen molar-refractivity contribution in [2.75, 3.05) is 26.7 Å². The van der Waals surface area contributed by atoms with E-state index >= 15 is 0 Å². The van der Waals surface area contributed by atoms with Crippen molar-refractivity contribution < 1.29 is 37.4 Å². The minimum atomic E-state index is -5.08. The smallest absolute Gasteiger partial charge is 0.490 e. The van der Waals surface area contributed by atoms with E-state index in [0.717, 1.165) is 34.3 Å². The molecule has 1 fully saturated rings. The number of para-hydroxylation sites is 1. The largest absolute Gasteiger partial charge is 0.494 e. The van der Waals surface area contributed by atoms with Crippen molar-refractivity contribution in [3.8, 4) is 5.75 Å². The van der Waals surface area contributed by atoms with Crippen LogP contribution in [0, 0.1) is 0 Å².